The highest BCUT2D eigenvalue weighted by Gasteiger charge is 2.42. The first-order valence-electron chi connectivity index (χ1n) is 7.10. The van der Waals surface area contributed by atoms with Crippen molar-refractivity contribution in [3.63, 3.8) is 0 Å². The van der Waals surface area contributed by atoms with Crippen molar-refractivity contribution in [1.29, 1.82) is 0 Å². The summed E-state index contributed by atoms with van der Waals surface area (Å²) in [6.45, 7) is 2.69. The number of hydrogen-bond donors (Lipinski definition) is 1. The van der Waals surface area contributed by atoms with E-state index in [0.29, 0.717) is 12.2 Å². The van der Waals surface area contributed by atoms with Crippen LogP contribution in [0, 0.1) is 17.8 Å². The number of rotatable bonds is 5. The third-order valence-electron chi connectivity index (χ3n) is 3.51. The summed E-state index contributed by atoms with van der Waals surface area (Å²) in [4.78, 5) is 11.3. The standard InChI is InChI=1S/C17H20O4/c1-3-21-12-17(19,15-8-9-15)11-10-13-4-6-14(7-5-13)16(18)20-2/h4-7,15,19H,3,8-9,12H2,1-2H3/t17-/m1/s1. The van der Waals surface area contributed by atoms with Crippen molar-refractivity contribution in [3.8, 4) is 11.8 Å². The second-order valence-corrected chi connectivity index (χ2v) is 5.15. The Labute approximate surface area is 125 Å². The number of carbonyl (C=O) groups excluding carboxylic acids is 1. The number of methoxy groups -OCH3 is 1. The highest BCUT2D eigenvalue weighted by molar-refractivity contribution is 5.89. The average Bonchev–Trinajstić information content (AvgIpc) is 3.36. The topological polar surface area (TPSA) is 55.8 Å². The van der Waals surface area contributed by atoms with Crippen LogP contribution < -0.4 is 0 Å². The average molecular weight is 288 g/mol. The summed E-state index contributed by atoms with van der Waals surface area (Å²) in [6.07, 6.45) is 1.97. The van der Waals surface area contributed by atoms with Crippen LogP contribution in [0.1, 0.15) is 35.7 Å². The largest absolute Gasteiger partial charge is 0.465 e. The van der Waals surface area contributed by atoms with Gasteiger partial charge >= 0.3 is 5.97 Å². The van der Waals surface area contributed by atoms with E-state index >= 15 is 0 Å². The molecule has 0 bridgehead atoms. The lowest BCUT2D eigenvalue weighted by molar-refractivity contribution is -0.0169. The lowest BCUT2D eigenvalue weighted by Crippen LogP contribution is -2.35. The molecule has 0 spiro atoms. The Morgan fingerprint density at radius 3 is 2.57 bits per heavy atom. The molecule has 0 unspecified atom stereocenters. The summed E-state index contributed by atoms with van der Waals surface area (Å²) in [7, 11) is 1.35. The zero-order valence-corrected chi connectivity index (χ0v) is 12.4. The van der Waals surface area contributed by atoms with Gasteiger partial charge in [0.15, 0.2) is 5.60 Å². The molecule has 1 atom stereocenters. The Balaban J connectivity index is 2.11. The van der Waals surface area contributed by atoms with Gasteiger partial charge in [-0.2, -0.15) is 0 Å². The molecule has 1 saturated carbocycles. The van der Waals surface area contributed by atoms with Crippen LogP contribution in [0.5, 0.6) is 0 Å². The first-order valence-corrected chi connectivity index (χ1v) is 7.10. The van der Waals surface area contributed by atoms with Crippen molar-refractivity contribution >= 4 is 5.97 Å². The van der Waals surface area contributed by atoms with Crippen LogP contribution in [0.3, 0.4) is 0 Å². The summed E-state index contributed by atoms with van der Waals surface area (Å²) < 4.78 is 9.98. The summed E-state index contributed by atoms with van der Waals surface area (Å²) in [6, 6.07) is 6.81. The molecule has 112 valence electrons. The van der Waals surface area contributed by atoms with Crippen molar-refractivity contribution in [3.05, 3.63) is 35.4 Å². The number of ether oxygens (including phenoxy) is 2. The molecule has 1 aromatic carbocycles. The van der Waals surface area contributed by atoms with Crippen LogP contribution in [0.15, 0.2) is 24.3 Å². The number of benzene rings is 1. The lowest BCUT2D eigenvalue weighted by atomic mass is 9.99. The Kier molecular flexibility index (Phi) is 5.00. The molecule has 1 N–H and O–H groups in total. The van der Waals surface area contributed by atoms with E-state index in [1.165, 1.54) is 7.11 Å². The predicted octanol–water partition coefficient (Wildman–Crippen LogP) is 2.00. The van der Waals surface area contributed by atoms with Crippen LogP contribution in [0.2, 0.25) is 0 Å². The summed E-state index contributed by atoms with van der Waals surface area (Å²) >= 11 is 0. The number of hydrogen-bond acceptors (Lipinski definition) is 4. The van der Waals surface area contributed by atoms with E-state index < -0.39 is 5.60 Å². The van der Waals surface area contributed by atoms with Crippen LogP contribution >= 0.6 is 0 Å². The van der Waals surface area contributed by atoms with Crippen molar-refractivity contribution in [1.82, 2.24) is 0 Å². The Morgan fingerprint density at radius 1 is 1.38 bits per heavy atom. The minimum absolute atomic E-state index is 0.200. The van der Waals surface area contributed by atoms with Crippen molar-refractivity contribution < 1.29 is 19.4 Å². The van der Waals surface area contributed by atoms with Gasteiger partial charge in [0, 0.05) is 18.1 Å². The molecule has 0 heterocycles. The fourth-order valence-corrected chi connectivity index (χ4v) is 2.06. The maximum absolute atomic E-state index is 11.3. The number of esters is 1. The summed E-state index contributed by atoms with van der Waals surface area (Å²) in [5.41, 5.74) is 0.157. The second-order valence-electron chi connectivity index (χ2n) is 5.15. The minimum atomic E-state index is -1.07. The predicted molar refractivity (Wildman–Crippen MR) is 78.8 cm³/mol. The second kappa shape index (κ2) is 6.75. The molecule has 1 aliphatic carbocycles. The van der Waals surface area contributed by atoms with Gasteiger partial charge in [0.2, 0.25) is 0 Å². The third kappa shape index (κ3) is 4.07. The summed E-state index contributed by atoms with van der Waals surface area (Å²) in [5.74, 6) is 5.73. The number of carbonyl (C=O) groups is 1. The summed E-state index contributed by atoms with van der Waals surface area (Å²) in [5, 5.41) is 10.6. The molecule has 1 aromatic rings. The number of aliphatic hydroxyl groups is 1. The molecule has 0 aliphatic heterocycles. The maximum Gasteiger partial charge on any atom is 0.337 e. The molecule has 0 aromatic heterocycles. The van der Waals surface area contributed by atoms with Gasteiger partial charge in [-0.3, -0.25) is 0 Å². The van der Waals surface area contributed by atoms with E-state index in [9.17, 15) is 9.90 Å². The first kappa shape index (κ1) is 15.6. The van der Waals surface area contributed by atoms with E-state index in [1.54, 1.807) is 24.3 Å². The normalized spacial score (nSPS) is 16.5. The molecule has 0 amide bonds. The van der Waals surface area contributed by atoms with E-state index in [-0.39, 0.29) is 18.5 Å². The Bertz CT molecular complexity index is 548. The Morgan fingerprint density at radius 2 is 2.05 bits per heavy atom. The van der Waals surface area contributed by atoms with Crippen molar-refractivity contribution in [2.75, 3.05) is 20.3 Å². The fraction of sp³-hybridized carbons (Fsp3) is 0.471. The van der Waals surface area contributed by atoms with Gasteiger partial charge in [-0.15, -0.1) is 0 Å². The smallest absolute Gasteiger partial charge is 0.337 e. The highest BCUT2D eigenvalue weighted by atomic mass is 16.5. The van der Waals surface area contributed by atoms with Crippen LogP contribution in [-0.2, 0) is 9.47 Å². The van der Waals surface area contributed by atoms with Gasteiger partial charge < -0.3 is 14.6 Å². The van der Waals surface area contributed by atoms with Crippen molar-refractivity contribution in [2.45, 2.75) is 25.4 Å². The lowest BCUT2D eigenvalue weighted by Gasteiger charge is -2.21. The van der Waals surface area contributed by atoms with Gasteiger partial charge in [-0.1, -0.05) is 11.8 Å². The molecule has 2 rings (SSSR count). The monoisotopic (exact) mass is 288 g/mol. The van der Waals surface area contributed by atoms with E-state index in [4.69, 9.17) is 4.74 Å². The van der Waals surface area contributed by atoms with E-state index in [1.807, 2.05) is 6.92 Å². The van der Waals surface area contributed by atoms with E-state index in [0.717, 1.165) is 18.4 Å². The van der Waals surface area contributed by atoms with Gasteiger partial charge in [0.1, 0.15) is 0 Å². The minimum Gasteiger partial charge on any atom is -0.465 e. The molecule has 1 aliphatic rings. The maximum atomic E-state index is 11.3. The van der Waals surface area contributed by atoms with Gasteiger partial charge in [0.25, 0.3) is 0 Å². The van der Waals surface area contributed by atoms with Crippen LogP contribution in [0.25, 0.3) is 0 Å². The zero-order chi connectivity index (χ0) is 15.3. The zero-order valence-electron chi connectivity index (χ0n) is 12.4. The molecule has 0 radical (unpaired) electrons. The molecular weight excluding hydrogens is 268 g/mol. The molecular formula is C17H20O4. The van der Waals surface area contributed by atoms with Gasteiger partial charge in [0.05, 0.1) is 19.3 Å². The molecule has 1 fully saturated rings. The van der Waals surface area contributed by atoms with Gasteiger partial charge in [-0.25, -0.2) is 4.79 Å². The van der Waals surface area contributed by atoms with Crippen LogP contribution in [-0.4, -0.2) is 37.0 Å². The molecule has 4 heteroatoms. The van der Waals surface area contributed by atoms with Gasteiger partial charge in [-0.05, 0) is 44.0 Å². The molecule has 21 heavy (non-hydrogen) atoms. The highest BCUT2D eigenvalue weighted by Crippen LogP contribution is 2.39. The third-order valence-corrected chi connectivity index (χ3v) is 3.51. The quantitative estimate of drug-likeness (QED) is 0.665. The Hall–Kier alpha value is -1.83. The first-order chi connectivity index (χ1) is 10.1. The SMILES string of the molecule is CCOC[C@](O)(C#Cc1ccc(C(=O)OC)cc1)C1CC1. The van der Waals surface area contributed by atoms with Crippen molar-refractivity contribution in [2.24, 2.45) is 5.92 Å². The fourth-order valence-electron chi connectivity index (χ4n) is 2.06. The molecule has 4 nitrogen and oxygen atoms in total. The van der Waals surface area contributed by atoms with Crippen LogP contribution in [0.4, 0.5) is 0 Å². The molecule has 0 saturated heterocycles. The van der Waals surface area contributed by atoms with E-state index in [2.05, 4.69) is 16.6 Å².